The molecule has 4 heteroatoms. The molecular formula is C11H13NO3. The van der Waals surface area contributed by atoms with E-state index in [4.69, 9.17) is 9.84 Å². The number of hydrogen-bond donors (Lipinski definition) is 1. The Hall–Kier alpha value is -1.68. The lowest BCUT2D eigenvalue weighted by atomic mass is 10.3. The molecular weight excluding hydrogens is 194 g/mol. The Labute approximate surface area is 88.2 Å². The quantitative estimate of drug-likeness (QED) is 0.571. The fourth-order valence-corrected chi connectivity index (χ4v) is 1.02. The standard InChI is InChI=1S/C11H13NO3/c1-2-3-7-15-8-9-5-4-6-10(12-9)11(13)14/h2,4-6H,1,3,7-8H2,(H,13,14). The summed E-state index contributed by atoms with van der Waals surface area (Å²) in [5.74, 6) is -1.03. The van der Waals surface area contributed by atoms with Crippen molar-refractivity contribution >= 4 is 5.97 Å². The molecule has 1 N–H and O–H groups in total. The van der Waals surface area contributed by atoms with Crippen molar-refractivity contribution in [1.82, 2.24) is 4.98 Å². The van der Waals surface area contributed by atoms with Gasteiger partial charge in [-0.2, -0.15) is 0 Å². The molecule has 0 atom stereocenters. The molecule has 1 heterocycles. The van der Waals surface area contributed by atoms with Gasteiger partial charge >= 0.3 is 5.97 Å². The minimum atomic E-state index is -1.03. The van der Waals surface area contributed by atoms with E-state index in [1.807, 2.05) is 0 Å². The van der Waals surface area contributed by atoms with E-state index in [1.165, 1.54) is 6.07 Å². The Balaban J connectivity index is 2.50. The Bertz CT molecular complexity index is 349. The number of rotatable bonds is 6. The third-order valence-electron chi connectivity index (χ3n) is 1.74. The number of ether oxygens (including phenoxy) is 1. The summed E-state index contributed by atoms with van der Waals surface area (Å²) in [4.78, 5) is 14.5. The maximum atomic E-state index is 10.6. The molecule has 1 aromatic rings. The van der Waals surface area contributed by atoms with Crippen molar-refractivity contribution in [3.05, 3.63) is 42.2 Å². The predicted molar refractivity (Wildman–Crippen MR) is 55.7 cm³/mol. The van der Waals surface area contributed by atoms with Crippen LogP contribution in [0.5, 0.6) is 0 Å². The van der Waals surface area contributed by atoms with Crippen LogP contribution in [0.3, 0.4) is 0 Å². The Morgan fingerprint density at radius 2 is 2.40 bits per heavy atom. The van der Waals surface area contributed by atoms with Gasteiger partial charge in [0.1, 0.15) is 5.69 Å². The first-order chi connectivity index (χ1) is 7.24. The topological polar surface area (TPSA) is 59.4 Å². The minimum Gasteiger partial charge on any atom is -0.477 e. The zero-order valence-electron chi connectivity index (χ0n) is 8.35. The van der Waals surface area contributed by atoms with Crippen LogP contribution in [-0.4, -0.2) is 22.7 Å². The number of aromatic carboxylic acids is 1. The van der Waals surface area contributed by atoms with Gasteiger partial charge in [0.15, 0.2) is 0 Å². The molecule has 0 fully saturated rings. The highest BCUT2D eigenvalue weighted by Gasteiger charge is 2.04. The Kier molecular flexibility index (Phi) is 4.50. The normalized spacial score (nSPS) is 9.87. The summed E-state index contributed by atoms with van der Waals surface area (Å²) in [6, 6.07) is 4.85. The summed E-state index contributed by atoms with van der Waals surface area (Å²) < 4.78 is 5.27. The molecule has 4 nitrogen and oxygen atoms in total. The second kappa shape index (κ2) is 5.93. The monoisotopic (exact) mass is 207 g/mol. The van der Waals surface area contributed by atoms with Crippen LogP contribution in [0.25, 0.3) is 0 Å². The Morgan fingerprint density at radius 3 is 3.07 bits per heavy atom. The summed E-state index contributed by atoms with van der Waals surface area (Å²) in [6.07, 6.45) is 2.54. The van der Waals surface area contributed by atoms with Crippen molar-refractivity contribution in [1.29, 1.82) is 0 Å². The van der Waals surface area contributed by atoms with Gasteiger partial charge in [0.05, 0.1) is 18.9 Å². The average Bonchev–Trinajstić information content (AvgIpc) is 2.25. The maximum Gasteiger partial charge on any atom is 0.354 e. The summed E-state index contributed by atoms with van der Waals surface area (Å²) in [5.41, 5.74) is 0.666. The van der Waals surface area contributed by atoms with Gasteiger partial charge in [0, 0.05) is 0 Å². The van der Waals surface area contributed by atoms with E-state index in [-0.39, 0.29) is 5.69 Å². The largest absolute Gasteiger partial charge is 0.477 e. The molecule has 0 bridgehead atoms. The van der Waals surface area contributed by atoms with Crippen molar-refractivity contribution in [3.8, 4) is 0 Å². The number of nitrogens with zero attached hydrogens (tertiary/aromatic N) is 1. The first-order valence-corrected chi connectivity index (χ1v) is 4.62. The van der Waals surface area contributed by atoms with E-state index >= 15 is 0 Å². The first kappa shape index (κ1) is 11.4. The summed E-state index contributed by atoms with van der Waals surface area (Å²) in [7, 11) is 0. The summed E-state index contributed by atoms with van der Waals surface area (Å²) >= 11 is 0. The molecule has 0 aromatic carbocycles. The van der Waals surface area contributed by atoms with E-state index in [1.54, 1.807) is 18.2 Å². The van der Waals surface area contributed by atoms with Gasteiger partial charge in [-0.1, -0.05) is 12.1 Å². The van der Waals surface area contributed by atoms with Crippen molar-refractivity contribution in [2.45, 2.75) is 13.0 Å². The molecule has 0 aliphatic heterocycles. The molecule has 0 amide bonds. The second-order valence-electron chi connectivity index (χ2n) is 2.95. The van der Waals surface area contributed by atoms with E-state index in [0.717, 1.165) is 6.42 Å². The van der Waals surface area contributed by atoms with Crippen LogP contribution in [0.4, 0.5) is 0 Å². The highest BCUT2D eigenvalue weighted by atomic mass is 16.5. The average molecular weight is 207 g/mol. The number of hydrogen-bond acceptors (Lipinski definition) is 3. The number of carbonyl (C=O) groups is 1. The lowest BCUT2D eigenvalue weighted by Gasteiger charge is -2.02. The van der Waals surface area contributed by atoms with Gasteiger partial charge in [-0.3, -0.25) is 0 Å². The molecule has 1 aromatic heterocycles. The summed E-state index contributed by atoms with van der Waals surface area (Å²) in [6.45, 7) is 4.47. The maximum absolute atomic E-state index is 10.6. The van der Waals surface area contributed by atoms with Gasteiger partial charge < -0.3 is 9.84 Å². The lowest BCUT2D eigenvalue weighted by molar-refractivity contribution is 0.0689. The molecule has 0 unspecified atom stereocenters. The molecule has 80 valence electrons. The fourth-order valence-electron chi connectivity index (χ4n) is 1.02. The summed E-state index contributed by atoms with van der Waals surface area (Å²) in [5, 5.41) is 8.70. The Morgan fingerprint density at radius 1 is 1.60 bits per heavy atom. The van der Waals surface area contributed by atoms with Crippen LogP contribution in [-0.2, 0) is 11.3 Å². The fraction of sp³-hybridized carbons (Fsp3) is 0.273. The molecule has 0 saturated heterocycles. The van der Waals surface area contributed by atoms with Gasteiger partial charge in [-0.15, -0.1) is 6.58 Å². The number of aromatic nitrogens is 1. The van der Waals surface area contributed by atoms with E-state index < -0.39 is 5.97 Å². The minimum absolute atomic E-state index is 0.0415. The van der Waals surface area contributed by atoms with Crippen LogP contribution >= 0.6 is 0 Å². The van der Waals surface area contributed by atoms with Crippen LogP contribution in [0.2, 0.25) is 0 Å². The number of carboxylic acid groups (broad SMARTS) is 1. The third kappa shape index (κ3) is 3.91. The van der Waals surface area contributed by atoms with E-state index in [2.05, 4.69) is 11.6 Å². The van der Waals surface area contributed by atoms with Crippen molar-refractivity contribution in [3.63, 3.8) is 0 Å². The van der Waals surface area contributed by atoms with Crippen molar-refractivity contribution in [2.75, 3.05) is 6.61 Å². The van der Waals surface area contributed by atoms with Crippen LogP contribution in [0.15, 0.2) is 30.9 Å². The van der Waals surface area contributed by atoms with Crippen LogP contribution in [0.1, 0.15) is 22.6 Å². The SMILES string of the molecule is C=CCCOCc1cccc(C(=O)O)n1. The molecule has 0 spiro atoms. The highest BCUT2D eigenvalue weighted by Crippen LogP contribution is 2.01. The van der Waals surface area contributed by atoms with Gasteiger partial charge in [0.2, 0.25) is 0 Å². The predicted octanol–water partition coefficient (Wildman–Crippen LogP) is 1.87. The van der Waals surface area contributed by atoms with Gasteiger partial charge in [0.25, 0.3) is 0 Å². The van der Waals surface area contributed by atoms with E-state index in [0.29, 0.717) is 18.9 Å². The highest BCUT2D eigenvalue weighted by molar-refractivity contribution is 5.85. The smallest absolute Gasteiger partial charge is 0.354 e. The molecule has 0 aliphatic rings. The molecule has 15 heavy (non-hydrogen) atoms. The van der Waals surface area contributed by atoms with Gasteiger partial charge in [-0.25, -0.2) is 9.78 Å². The molecule has 0 aliphatic carbocycles. The molecule has 0 radical (unpaired) electrons. The van der Waals surface area contributed by atoms with E-state index in [9.17, 15) is 4.79 Å². The van der Waals surface area contributed by atoms with Crippen LogP contribution in [0, 0.1) is 0 Å². The number of carboxylic acids is 1. The second-order valence-corrected chi connectivity index (χ2v) is 2.95. The zero-order valence-corrected chi connectivity index (χ0v) is 8.35. The third-order valence-corrected chi connectivity index (χ3v) is 1.74. The van der Waals surface area contributed by atoms with Crippen molar-refractivity contribution in [2.24, 2.45) is 0 Å². The first-order valence-electron chi connectivity index (χ1n) is 4.62. The molecule has 1 rings (SSSR count). The number of pyridine rings is 1. The lowest BCUT2D eigenvalue weighted by Crippen LogP contribution is -2.04. The van der Waals surface area contributed by atoms with Gasteiger partial charge in [-0.05, 0) is 18.6 Å². The van der Waals surface area contributed by atoms with Crippen LogP contribution < -0.4 is 0 Å². The zero-order chi connectivity index (χ0) is 11.1. The molecule has 0 saturated carbocycles. The van der Waals surface area contributed by atoms with Crippen molar-refractivity contribution < 1.29 is 14.6 Å².